The second kappa shape index (κ2) is 8.69. The minimum absolute atomic E-state index is 0.225. The standard InChI is InChI=1S/C27H26N6O2S/c1-36(34,35)30-16-17-13-21(14-17)27-32-24(25-26(28)29-11-12-33(25)27)20-8-7-19-9-10-22(31-23(19)15-20)18-5-3-2-4-6-18/h2-12,15,17,21,30H,13-14,16H2,1H3,(H2,28,29). The third-order valence-electron chi connectivity index (χ3n) is 6.88. The Balaban J connectivity index is 1.37. The molecule has 3 N–H and O–H groups in total. The molecule has 1 fully saturated rings. The minimum Gasteiger partial charge on any atom is -0.382 e. The van der Waals surface area contributed by atoms with E-state index in [4.69, 9.17) is 15.7 Å². The van der Waals surface area contributed by atoms with Crippen LogP contribution in [0.4, 0.5) is 5.82 Å². The summed E-state index contributed by atoms with van der Waals surface area (Å²) < 4.78 is 27.5. The van der Waals surface area contributed by atoms with Gasteiger partial charge in [-0.15, -0.1) is 0 Å². The highest BCUT2D eigenvalue weighted by Gasteiger charge is 2.34. The summed E-state index contributed by atoms with van der Waals surface area (Å²) in [5.74, 6) is 1.87. The molecule has 0 radical (unpaired) electrons. The summed E-state index contributed by atoms with van der Waals surface area (Å²) in [6.45, 7) is 0.454. The van der Waals surface area contributed by atoms with E-state index in [1.807, 2.05) is 40.9 Å². The molecular formula is C27H26N6O2S. The van der Waals surface area contributed by atoms with E-state index in [0.29, 0.717) is 18.3 Å². The summed E-state index contributed by atoms with van der Waals surface area (Å²) in [4.78, 5) is 14.3. The molecule has 1 aliphatic rings. The zero-order chi connectivity index (χ0) is 24.9. The van der Waals surface area contributed by atoms with E-state index in [1.54, 1.807) is 6.20 Å². The fourth-order valence-electron chi connectivity index (χ4n) is 4.99. The van der Waals surface area contributed by atoms with Gasteiger partial charge in [0.15, 0.2) is 0 Å². The summed E-state index contributed by atoms with van der Waals surface area (Å²) in [5.41, 5.74) is 11.7. The van der Waals surface area contributed by atoms with Crippen molar-refractivity contribution >= 4 is 32.3 Å². The van der Waals surface area contributed by atoms with Gasteiger partial charge in [0, 0.05) is 41.4 Å². The van der Waals surface area contributed by atoms with Gasteiger partial charge in [-0.2, -0.15) is 0 Å². The number of rotatable bonds is 6. The highest BCUT2D eigenvalue weighted by Crippen LogP contribution is 2.43. The first-order valence-electron chi connectivity index (χ1n) is 11.9. The molecule has 0 unspecified atom stereocenters. The lowest BCUT2D eigenvalue weighted by Gasteiger charge is -2.34. The second-order valence-corrected chi connectivity index (χ2v) is 11.3. The minimum atomic E-state index is -3.19. The first kappa shape index (κ1) is 22.6. The van der Waals surface area contributed by atoms with Crippen molar-refractivity contribution in [2.75, 3.05) is 18.5 Å². The largest absolute Gasteiger partial charge is 0.382 e. The first-order valence-corrected chi connectivity index (χ1v) is 13.8. The lowest BCUT2D eigenvalue weighted by atomic mass is 9.74. The molecule has 0 amide bonds. The first-order chi connectivity index (χ1) is 17.4. The van der Waals surface area contributed by atoms with Crippen LogP contribution >= 0.6 is 0 Å². The number of nitrogen functional groups attached to an aromatic ring is 1. The maximum Gasteiger partial charge on any atom is 0.208 e. The van der Waals surface area contributed by atoms with Crippen molar-refractivity contribution in [1.82, 2.24) is 24.1 Å². The molecule has 8 nitrogen and oxygen atoms in total. The highest BCUT2D eigenvalue weighted by molar-refractivity contribution is 7.88. The van der Waals surface area contributed by atoms with Gasteiger partial charge in [0.05, 0.1) is 17.5 Å². The Bertz CT molecular complexity index is 1690. The number of nitrogens with two attached hydrogens (primary N) is 1. The Kier molecular flexibility index (Phi) is 5.46. The summed E-state index contributed by atoms with van der Waals surface area (Å²) in [5, 5.41) is 1.05. The van der Waals surface area contributed by atoms with Crippen LogP contribution in [0.5, 0.6) is 0 Å². The maximum atomic E-state index is 11.4. The number of hydrogen-bond acceptors (Lipinski definition) is 6. The van der Waals surface area contributed by atoms with Crippen molar-refractivity contribution in [2.45, 2.75) is 18.8 Å². The molecular weight excluding hydrogens is 472 g/mol. The number of hydrogen-bond donors (Lipinski definition) is 2. The van der Waals surface area contributed by atoms with E-state index in [1.165, 1.54) is 6.26 Å². The molecule has 0 aliphatic heterocycles. The zero-order valence-electron chi connectivity index (χ0n) is 19.8. The van der Waals surface area contributed by atoms with Crippen molar-refractivity contribution in [3.8, 4) is 22.5 Å². The Morgan fingerprint density at radius 2 is 1.81 bits per heavy atom. The number of benzene rings is 2. The van der Waals surface area contributed by atoms with Crippen LogP contribution in [0.1, 0.15) is 24.6 Å². The summed E-state index contributed by atoms with van der Waals surface area (Å²) >= 11 is 0. The van der Waals surface area contributed by atoms with Crippen molar-refractivity contribution in [3.63, 3.8) is 0 Å². The number of fused-ring (bicyclic) bond motifs is 2. The number of pyridine rings is 1. The number of sulfonamides is 1. The van der Waals surface area contributed by atoms with Crippen molar-refractivity contribution in [2.24, 2.45) is 5.92 Å². The molecule has 0 bridgehead atoms. The SMILES string of the molecule is CS(=O)(=O)NCC1CC(c2nc(-c3ccc4ccc(-c5ccccc5)nc4c3)c3c(N)nccn23)C1. The van der Waals surface area contributed by atoms with E-state index in [0.717, 1.165) is 57.6 Å². The van der Waals surface area contributed by atoms with Crippen LogP contribution in [0.2, 0.25) is 0 Å². The number of nitrogens with zero attached hydrogens (tertiary/aromatic N) is 4. The number of imidazole rings is 1. The van der Waals surface area contributed by atoms with Crippen LogP contribution in [-0.2, 0) is 10.0 Å². The van der Waals surface area contributed by atoms with E-state index in [9.17, 15) is 8.42 Å². The van der Waals surface area contributed by atoms with E-state index in [2.05, 4.69) is 40.0 Å². The fourth-order valence-corrected chi connectivity index (χ4v) is 5.53. The molecule has 3 heterocycles. The molecule has 0 atom stereocenters. The normalized spacial score (nSPS) is 17.9. The molecule has 0 saturated heterocycles. The predicted octanol–water partition coefficient (Wildman–Crippen LogP) is 4.24. The highest BCUT2D eigenvalue weighted by atomic mass is 32.2. The molecule has 182 valence electrons. The van der Waals surface area contributed by atoms with Gasteiger partial charge in [0.2, 0.25) is 10.0 Å². The average Bonchev–Trinajstić information content (AvgIpc) is 3.23. The van der Waals surface area contributed by atoms with Gasteiger partial charge < -0.3 is 5.73 Å². The van der Waals surface area contributed by atoms with Crippen LogP contribution in [0.3, 0.4) is 0 Å². The molecule has 3 aromatic heterocycles. The van der Waals surface area contributed by atoms with Gasteiger partial charge in [-0.3, -0.25) is 4.40 Å². The molecule has 0 spiro atoms. The molecule has 6 rings (SSSR count). The van der Waals surface area contributed by atoms with Gasteiger partial charge in [-0.25, -0.2) is 28.1 Å². The molecule has 5 aromatic rings. The summed E-state index contributed by atoms with van der Waals surface area (Å²) in [7, 11) is -3.19. The number of anilines is 1. The molecule has 1 aliphatic carbocycles. The van der Waals surface area contributed by atoms with E-state index >= 15 is 0 Å². The Morgan fingerprint density at radius 3 is 2.58 bits per heavy atom. The monoisotopic (exact) mass is 498 g/mol. The van der Waals surface area contributed by atoms with Crippen molar-refractivity contribution in [3.05, 3.63) is 78.9 Å². The second-order valence-electron chi connectivity index (χ2n) is 9.47. The van der Waals surface area contributed by atoms with Crippen LogP contribution < -0.4 is 10.5 Å². The Labute approximate surface area is 209 Å². The molecule has 36 heavy (non-hydrogen) atoms. The van der Waals surface area contributed by atoms with Crippen LogP contribution in [0.15, 0.2) is 73.1 Å². The lowest BCUT2D eigenvalue weighted by Crippen LogP contribution is -2.35. The van der Waals surface area contributed by atoms with Crippen molar-refractivity contribution in [1.29, 1.82) is 0 Å². The quantitative estimate of drug-likeness (QED) is 0.362. The average molecular weight is 499 g/mol. The number of nitrogens with one attached hydrogen (secondary N) is 1. The molecule has 9 heteroatoms. The van der Waals surface area contributed by atoms with E-state index < -0.39 is 10.0 Å². The smallest absolute Gasteiger partial charge is 0.208 e. The zero-order valence-corrected chi connectivity index (χ0v) is 20.6. The predicted molar refractivity (Wildman–Crippen MR) is 142 cm³/mol. The molecule has 1 saturated carbocycles. The third-order valence-corrected chi connectivity index (χ3v) is 7.57. The fraction of sp³-hybridized carbons (Fsp3) is 0.222. The van der Waals surface area contributed by atoms with Crippen LogP contribution in [0.25, 0.3) is 38.9 Å². The summed E-state index contributed by atoms with van der Waals surface area (Å²) in [6.07, 6.45) is 6.50. The van der Waals surface area contributed by atoms with Gasteiger partial charge in [0.25, 0.3) is 0 Å². The maximum absolute atomic E-state index is 11.4. The Morgan fingerprint density at radius 1 is 1.03 bits per heavy atom. The van der Waals surface area contributed by atoms with Crippen LogP contribution in [-0.4, -0.2) is 40.6 Å². The van der Waals surface area contributed by atoms with Crippen molar-refractivity contribution < 1.29 is 8.42 Å². The van der Waals surface area contributed by atoms with Gasteiger partial charge in [-0.1, -0.05) is 48.5 Å². The van der Waals surface area contributed by atoms with Gasteiger partial charge in [0.1, 0.15) is 22.9 Å². The van der Waals surface area contributed by atoms with Gasteiger partial charge in [-0.05, 0) is 30.9 Å². The third kappa shape index (κ3) is 4.20. The van der Waals surface area contributed by atoms with Crippen LogP contribution in [0, 0.1) is 5.92 Å². The number of aromatic nitrogens is 4. The topological polar surface area (TPSA) is 115 Å². The van der Waals surface area contributed by atoms with E-state index in [-0.39, 0.29) is 5.92 Å². The van der Waals surface area contributed by atoms with Gasteiger partial charge >= 0.3 is 0 Å². The lowest BCUT2D eigenvalue weighted by molar-refractivity contribution is 0.256. The summed E-state index contributed by atoms with van der Waals surface area (Å²) in [6, 6.07) is 20.4. The Hall–Kier alpha value is -3.82. The molecule has 2 aromatic carbocycles.